The van der Waals surface area contributed by atoms with E-state index in [2.05, 4.69) is 10.6 Å². The standard InChI is InChI=1S/C19H24N4O6/c1-3-17(26)22-9-13(20-2)19(29)23(15-7-5-4-6-14(15)22)10-16(25)21-12(11-24)8-18(27)28/h4-7,11-13,20H,3,8-10H2,1-2H3,(H,21,25)(H,27,28)/t12-,13-/m0/s1. The molecule has 0 fully saturated rings. The monoisotopic (exact) mass is 404 g/mol. The highest BCUT2D eigenvalue weighted by atomic mass is 16.4. The van der Waals surface area contributed by atoms with Gasteiger partial charge in [0.15, 0.2) is 0 Å². The van der Waals surface area contributed by atoms with E-state index in [0.717, 1.165) is 0 Å². The largest absolute Gasteiger partial charge is 0.481 e. The van der Waals surface area contributed by atoms with Crippen LogP contribution in [0.2, 0.25) is 0 Å². The van der Waals surface area contributed by atoms with Crippen LogP contribution in [0.3, 0.4) is 0 Å². The number of hydrogen-bond acceptors (Lipinski definition) is 6. The molecule has 3 N–H and O–H groups in total. The molecule has 0 unspecified atom stereocenters. The number of aldehydes is 1. The van der Waals surface area contributed by atoms with Crippen molar-refractivity contribution in [3.05, 3.63) is 24.3 Å². The highest BCUT2D eigenvalue weighted by Gasteiger charge is 2.35. The molecular weight excluding hydrogens is 380 g/mol. The van der Waals surface area contributed by atoms with Crippen molar-refractivity contribution in [2.75, 3.05) is 29.9 Å². The van der Waals surface area contributed by atoms with Crippen molar-refractivity contribution in [2.24, 2.45) is 0 Å². The topological polar surface area (TPSA) is 136 Å². The summed E-state index contributed by atoms with van der Waals surface area (Å²) in [6.45, 7) is 1.40. The first-order valence-electron chi connectivity index (χ1n) is 9.16. The first kappa shape index (κ1) is 22.0. The molecule has 0 saturated carbocycles. The molecule has 1 aliphatic heterocycles. The van der Waals surface area contributed by atoms with E-state index >= 15 is 0 Å². The second-order valence-electron chi connectivity index (χ2n) is 6.52. The van der Waals surface area contributed by atoms with E-state index in [-0.39, 0.29) is 18.9 Å². The van der Waals surface area contributed by atoms with Crippen molar-refractivity contribution in [2.45, 2.75) is 31.8 Å². The minimum atomic E-state index is -1.23. The van der Waals surface area contributed by atoms with Gasteiger partial charge in [0.1, 0.15) is 18.9 Å². The molecular formula is C19H24N4O6. The lowest BCUT2D eigenvalue weighted by molar-refractivity contribution is -0.139. The number of aliphatic carboxylic acids is 1. The number of likely N-dealkylation sites (N-methyl/N-ethyl adjacent to an activating group) is 1. The van der Waals surface area contributed by atoms with E-state index < -0.39 is 42.8 Å². The number of rotatable bonds is 8. The van der Waals surface area contributed by atoms with E-state index in [4.69, 9.17) is 5.11 Å². The third-order valence-electron chi connectivity index (χ3n) is 4.55. The summed E-state index contributed by atoms with van der Waals surface area (Å²) in [5.41, 5.74) is 0.879. The smallest absolute Gasteiger partial charge is 0.305 e. The summed E-state index contributed by atoms with van der Waals surface area (Å²) in [7, 11) is 1.58. The Morgan fingerprint density at radius 1 is 1.28 bits per heavy atom. The van der Waals surface area contributed by atoms with Gasteiger partial charge in [-0.15, -0.1) is 0 Å². The predicted octanol–water partition coefficient (Wildman–Crippen LogP) is -0.477. The Bertz CT molecular complexity index is 812. The van der Waals surface area contributed by atoms with E-state index in [1.54, 1.807) is 38.2 Å². The Hall–Kier alpha value is -3.27. The molecule has 0 spiro atoms. The van der Waals surface area contributed by atoms with Crippen LogP contribution in [0.4, 0.5) is 11.4 Å². The van der Waals surface area contributed by atoms with E-state index in [1.807, 2.05) is 0 Å². The molecule has 29 heavy (non-hydrogen) atoms. The van der Waals surface area contributed by atoms with Gasteiger partial charge in [-0.05, 0) is 19.2 Å². The number of anilines is 2. The molecule has 0 aromatic heterocycles. The van der Waals surface area contributed by atoms with Gasteiger partial charge in [-0.3, -0.25) is 24.1 Å². The third-order valence-corrected chi connectivity index (χ3v) is 4.55. The number of benzene rings is 1. The van der Waals surface area contributed by atoms with Crippen molar-refractivity contribution in [3.8, 4) is 0 Å². The minimum absolute atomic E-state index is 0.104. The van der Waals surface area contributed by atoms with Gasteiger partial charge in [0, 0.05) is 6.42 Å². The molecule has 1 heterocycles. The Morgan fingerprint density at radius 2 is 1.93 bits per heavy atom. The third kappa shape index (κ3) is 5.17. The highest BCUT2D eigenvalue weighted by Crippen LogP contribution is 2.33. The van der Waals surface area contributed by atoms with Gasteiger partial charge < -0.3 is 25.4 Å². The number of carboxylic acids is 1. The molecule has 0 radical (unpaired) electrons. The molecule has 2 atom stereocenters. The molecule has 3 amide bonds. The van der Waals surface area contributed by atoms with E-state index in [0.29, 0.717) is 17.7 Å². The SMILES string of the molecule is CCC(=O)N1C[C@H](NC)C(=O)N(CC(=O)N[C@H](C=O)CC(=O)O)c2ccccc21. The summed E-state index contributed by atoms with van der Waals surface area (Å²) in [4.78, 5) is 62.5. The maximum Gasteiger partial charge on any atom is 0.305 e. The zero-order valence-corrected chi connectivity index (χ0v) is 16.3. The summed E-state index contributed by atoms with van der Waals surface area (Å²) in [6.07, 6.45) is 0.0234. The molecule has 1 aliphatic rings. The van der Waals surface area contributed by atoms with Gasteiger partial charge >= 0.3 is 5.97 Å². The number of carbonyl (C=O) groups is 5. The van der Waals surface area contributed by atoms with Crippen LogP contribution < -0.4 is 20.4 Å². The number of carbonyl (C=O) groups excluding carboxylic acids is 4. The molecule has 1 aromatic carbocycles. The zero-order chi connectivity index (χ0) is 21.6. The molecule has 1 aromatic rings. The summed E-state index contributed by atoms with van der Waals surface area (Å²) in [5.74, 6) is -2.50. The quantitative estimate of drug-likeness (QED) is 0.498. The van der Waals surface area contributed by atoms with Crippen molar-refractivity contribution in [1.82, 2.24) is 10.6 Å². The number of nitrogens with one attached hydrogen (secondary N) is 2. The van der Waals surface area contributed by atoms with Crippen molar-refractivity contribution < 1.29 is 29.1 Å². The number of fused-ring (bicyclic) bond motifs is 1. The van der Waals surface area contributed by atoms with Gasteiger partial charge in [0.25, 0.3) is 0 Å². The van der Waals surface area contributed by atoms with Crippen LogP contribution in [-0.4, -0.2) is 67.3 Å². The fraction of sp³-hybridized carbons (Fsp3) is 0.421. The molecule has 0 aliphatic carbocycles. The minimum Gasteiger partial charge on any atom is -0.481 e. The number of nitrogens with zero attached hydrogens (tertiary/aromatic N) is 2. The number of carboxylic acid groups (broad SMARTS) is 1. The van der Waals surface area contributed by atoms with Gasteiger partial charge in [-0.25, -0.2) is 0 Å². The second-order valence-corrected chi connectivity index (χ2v) is 6.52. The Morgan fingerprint density at radius 3 is 2.48 bits per heavy atom. The lowest BCUT2D eigenvalue weighted by atomic mass is 10.2. The zero-order valence-electron chi connectivity index (χ0n) is 16.3. The van der Waals surface area contributed by atoms with Gasteiger partial charge in [0.05, 0.1) is 30.4 Å². The van der Waals surface area contributed by atoms with Gasteiger partial charge in [-0.2, -0.15) is 0 Å². The normalized spacial score (nSPS) is 17.2. The number of para-hydroxylation sites is 2. The van der Waals surface area contributed by atoms with Gasteiger partial charge in [0.2, 0.25) is 17.7 Å². The van der Waals surface area contributed by atoms with Crippen LogP contribution in [0.5, 0.6) is 0 Å². The fourth-order valence-corrected chi connectivity index (χ4v) is 3.11. The Kier molecular flexibility index (Phi) is 7.43. The summed E-state index contributed by atoms with van der Waals surface area (Å²) < 4.78 is 0. The molecule has 10 heteroatoms. The Labute approximate surface area is 167 Å². The maximum absolute atomic E-state index is 13.0. The van der Waals surface area contributed by atoms with Crippen molar-refractivity contribution in [1.29, 1.82) is 0 Å². The lowest BCUT2D eigenvalue weighted by Crippen LogP contribution is -2.52. The van der Waals surface area contributed by atoms with Crippen LogP contribution in [0.15, 0.2) is 24.3 Å². The number of hydrogen-bond donors (Lipinski definition) is 3. The summed E-state index contributed by atoms with van der Waals surface area (Å²) in [5, 5.41) is 14.0. The average Bonchev–Trinajstić information content (AvgIpc) is 2.82. The average molecular weight is 404 g/mol. The lowest BCUT2D eigenvalue weighted by Gasteiger charge is -2.25. The molecule has 0 bridgehead atoms. The van der Waals surface area contributed by atoms with Crippen molar-refractivity contribution >= 4 is 41.4 Å². The molecule has 156 valence electrons. The maximum atomic E-state index is 13.0. The summed E-state index contributed by atoms with van der Waals surface area (Å²) >= 11 is 0. The van der Waals surface area contributed by atoms with Crippen LogP contribution in [0, 0.1) is 0 Å². The second kappa shape index (κ2) is 9.78. The first-order valence-corrected chi connectivity index (χ1v) is 9.16. The van der Waals surface area contributed by atoms with Crippen LogP contribution in [0.1, 0.15) is 19.8 Å². The van der Waals surface area contributed by atoms with E-state index in [9.17, 15) is 24.0 Å². The molecule has 0 saturated heterocycles. The summed E-state index contributed by atoms with van der Waals surface area (Å²) in [6, 6.07) is 4.79. The van der Waals surface area contributed by atoms with Crippen LogP contribution in [-0.2, 0) is 24.0 Å². The predicted molar refractivity (Wildman–Crippen MR) is 105 cm³/mol. The van der Waals surface area contributed by atoms with Crippen LogP contribution >= 0.6 is 0 Å². The first-order chi connectivity index (χ1) is 13.8. The molecule has 10 nitrogen and oxygen atoms in total. The van der Waals surface area contributed by atoms with E-state index in [1.165, 1.54) is 9.80 Å². The molecule has 2 rings (SSSR count). The fourth-order valence-electron chi connectivity index (χ4n) is 3.11. The number of amides is 3. The Balaban J connectivity index is 2.36. The van der Waals surface area contributed by atoms with Crippen molar-refractivity contribution in [3.63, 3.8) is 0 Å². The highest BCUT2D eigenvalue weighted by molar-refractivity contribution is 6.09. The van der Waals surface area contributed by atoms with Gasteiger partial charge in [-0.1, -0.05) is 19.1 Å². The van der Waals surface area contributed by atoms with Crippen LogP contribution in [0.25, 0.3) is 0 Å².